The van der Waals surface area contributed by atoms with Gasteiger partial charge in [-0.05, 0) is 36.4 Å². The van der Waals surface area contributed by atoms with Crippen LogP contribution in [0.3, 0.4) is 0 Å². The Morgan fingerprint density at radius 2 is 1.83 bits per heavy atom. The summed E-state index contributed by atoms with van der Waals surface area (Å²) in [5.74, 6) is -0.634. The molecule has 0 bridgehead atoms. The smallest absolute Gasteiger partial charge is 0.289 e. The van der Waals surface area contributed by atoms with Crippen molar-refractivity contribution in [1.29, 1.82) is 0 Å². The highest BCUT2D eigenvalue weighted by atomic mass is 19.1. The van der Waals surface area contributed by atoms with Gasteiger partial charge in [-0.3, -0.25) is 9.78 Å². The Bertz CT molecular complexity index is 1400. The zero-order valence-corrected chi connectivity index (χ0v) is 15.7. The molecule has 1 amide bonds. The molecule has 0 atom stereocenters. The number of rotatable bonds is 4. The first kappa shape index (κ1) is 17.9. The van der Waals surface area contributed by atoms with Crippen LogP contribution in [0.15, 0.2) is 77.5 Å². The zero-order chi connectivity index (χ0) is 20.5. The number of nitrogens with zero attached hydrogens (tertiary/aromatic N) is 3. The minimum absolute atomic E-state index is 0.0351. The van der Waals surface area contributed by atoms with Crippen molar-refractivity contribution in [2.24, 2.45) is 0 Å². The first-order valence-electron chi connectivity index (χ1n) is 9.31. The molecule has 3 heterocycles. The molecule has 0 saturated carbocycles. The van der Waals surface area contributed by atoms with Gasteiger partial charge >= 0.3 is 0 Å². The number of aromatic nitrogens is 3. The van der Waals surface area contributed by atoms with E-state index in [9.17, 15) is 9.18 Å². The van der Waals surface area contributed by atoms with Crippen molar-refractivity contribution in [2.45, 2.75) is 6.54 Å². The van der Waals surface area contributed by atoms with Gasteiger partial charge < -0.3 is 9.73 Å². The van der Waals surface area contributed by atoms with Crippen LogP contribution in [0.25, 0.3) is 33.3 Å². The monoisotopic (exact) mass is 398 g/mol. The van der Waals surface area contributed by atoms with Crippen LogP contribution >= 0.6 is 0 Å². The minimum atomic E-state index is -0.497. The van der Waals surface area contributed by atoms with Gasteiger partial charge in [0, 0.05) is 22.5 Å². The van der Waals surface area contributed by atoms with Crippen molar-refractivity contribution < 1.29 is 13.6 Å². The largest absolute Gasteiger partial charge is 0.431 e. The van der Waals surface area contributed by atoms with Crippen LogP contribution < -0.4 is 5.32 Å². The summed E-state index contributed by atoms with van der Waals surface area (Å²) >= 11 is 0. The van der Waals surface area contributed by atoms with Crippen LogP contribution in [-0.4, -0.2) is 20.9 Å². The molecule has 2 aromatic carbocycles. The van der Waals surface area contributed by atoms with Gasteiger partial charge in [-0.15, -0.1) is 0 Å². The Labute approximate surface area is 170 Å². The van der Waals surface area contributed by atoms with Gasteiger partial charge in [-0.1, -0.05) is 24.3 Å². The van der Waals surface area contributed by atoms with Gasteiger partial charge in [-0.2, -0.15) is 0 Å². The summed E-state index contributed by atoms with van der Waals surface area (Å²) in [6.07, 6.45) is 2.81. The molecule has 6 nitrogen and oxygen atoms in total. The lowest BCUT2D eigenvalue weighted by molar-refractivity contribution is 0.0923. The van der Waals surface area contributed by atoms with Gasteiger partial charge in [0.25, 0.3) is 5.91 Å². The first-order chi connectivity index (χ1) is 14.7. The number of nitrogens with one attached hydrogen (secondary N) is 1. The number of pyridine rings is 2. The van der Waals surface area contributed by atoms with Crippen LogP contribution in [0, 0.1) is 5.82 Å². The molecule has 0 aliphatic carbocycles. The van der Waals surface area contributed by atoms with E-state index in [1.165, 1.54) is 24.5 Å². The molecule has 5 aromatic rings. The van der Waals surface area contributed by atoms with Crippen molar-refractivity contribution in [3.8, 4) is 11.5 Å². The van der Waals surface area contributed by atoms with Gasteiger partial charge in [0.05, 0.1) is 29.5 Å². The lowest BCUT2D eigenvalue weighted by Gasteiger charge is -2.04. The fourth-order valence-corrected chi connectivity index (χ4v) is 3.22. The number of carbonyl (C=O) groups excluding carboxylic acids is 1. The summed E-state index contributed by atoms with van der Waals surface area (Å²) in [5, 5.41) is 4.65. The molecular weight excluding hydrogens is 383 g/mol. The maximum atomic E-state index is 13.6. The standard InChI is InChI=1S/C23H15FN4O2/c24-17-5-3-9-25-20(17)12-26-22(29)21-13-27-23(30-21)16-8-7-15-10-14-4-1-2-6-18(14)28-19(15)11-16/h1-11,13H,12H2,(H,26,29). The van der Waals surface area contributed by atoms with Crippen molar-refractivity contribution in [3.63, 3.8) is 0 Å². The predicted molar refractivity (Wildman–Crippen MR) is 110 cm³/mol. The number of oxazole rings is 1. The molecule has 0 radical (unpaired) electrons. The molecule has 0 aliphatic heterocycles. The Kier molecular flexibility index (Phi) is 4.40. The van der Waals surface area contributed by atoms with E-state index in [0.29, 0.717) is 11.5 Å². The summed E-state index contributed by atoms with van der Waals surface area (Å²) in [6.45, 7) is -0.0471. The third-order valence-electron chi connectivity index (χ3n) is 4.75. The second-order valence-corrected chi connectivity index (χ2v) is 6.73. The molecule has 0 aliphatic rings. The second kappa shape index (κ2) is 7.36. The van der Waals surface area contributed by atoms with Crippen molar-refractivity contribution >= 4 is 27.7 Å². The number of fused-ring (bicyclic) bond motifs is 2. The molecule has 1 N–H and O–H groups in total. The number of benzene rings is 2. The second-order valence-electron chi connectivity index (χ2n) is 6.73. The summed E-state index contributed by atoms with van der Waals surface area (Å²) in [5.41, 5.74) is 2.57. The molecule has 146 valence electrons. The van der Waals surface area contributed by atoms with Crippen LogP contribution in [0.2, 0.25) is 0 Å². The van der Waals surface area contributed by atoms with Crippen LogP contribution in [0.1, 0.15) is 16.2 Å². The SMILES string of the molecule is O=C(NCc1ncccc1F)c1cnc(-c2ccc3cc4ccccc4nc3c2)o1. The molecule has 0 saturated heterocycles. The van der Waals surface area contributed by atoms with E-state index >= 15 is 0 Å². The van der Waals surface area contributed by atoms with E-state index in [1.807, 2.05) is 42.5 Å². The van der Waals surface area contributed by atoms with E-state index < -0.39 is 11.7 Å². The highest BCUT2D eigenvalue weighted by molar-refractivity contribution is 5.94. The lowest BCUT2D eigenvalue weighted by atomic mass is 10.1. The van der Waals surface area contributed by atoms with Gasteiger partial charge in [0.1, 0.15) is 5.82 Å². The van der Waals surface area contributed by atoms with Crippen molar-refractivity contribution in [3.05, 3.63) is 90.3 Å². The number of amides is 1. The van der Waals surface area contributed by atoms with E-state index in [-0.39, 0.29) is 18.0 Å². The van der Waals surface area contributed by atoms with E-state index in [0.717, 1.165) is 21.8 Å². The number of carbonyl (C=O) groups is 1. The van der Waals surface area contributed by atoms with E-state index in [4.69, 9.17) is 4.42 Å². The minimum Gasteiger partial charge on any atom is -0.431 e. The number of para-hydroxylation sites is 1. The van der Waals surface area contributed by atoms with Gasteiger partial charge in [0.2, 0.25) is 11.7 Å². The number of hydrogen-bond donors (Lipinski definition) is 1. The summed E-state index contributed by atoms with van der Waals surface area (Å²) < 4.78 is 19.3. The molecule has 0 spiro atoms. The number of hydrogen-bond acceptors (Lipinski definition) is 5. The Morgan fingerprint density at radius 1 is 0.967 bits per heavy atom. The Morgan fingerprint density at radius 3 is 2.73 bits per heavy atom. The third kappa shape index (κ3) is 3.37. The highest BCUT2D eigenvalue weighted by Gasteiger charge is 2.15. The Hall–Kier alpha value is -4.13. The molecule has 0 fully saturated rings. The Balaban J connectivity index is 1.39. The van der Waals surface area contributed by atoms with E-state index in [1.54, 1.807) is 0 Å². The van der Waals surface area contributed by atoms with Crippen molar-refractivity contribution in [1.82, 2.24) is 20.3 Å². The molecular formula is C23H15FN4O2. The average molecular weight is 398 g/mol. The van der Waals surface area contributed by atoms with Crippen molar-refractivity contribution in [2.75, 3.05) is 0 Å². The van der Waals surface area contributed by atoms with Gasteiger partial charge in [0.15, 0.2) is 0 Å². The molecule has 7 heteroatoms. The maximum Gasteiger partial charge on any atom is 0.289 e. The average Bonchev–Trinajstić information content (AvgIpc) is 3.27. The fourth-order valence-electron chi connectivity index (χ4n) is 3.22. The molecule has 3 aromatic heterocycles. The fraction of sp³-hybridized carbons (Fsp3) is 0.0435. The highest BCUT2D eigenvalue weighted by Crippen LogP contribution is 2.26. The topological polar surface area (TPSA) is 80.9 Å². The molecule has 5 rings (SSSR count). The maximum absolute atomic E-state index is 13.6. The van der Waals surface area contributed by atoms with E-state index in [2.05, 4.69) is 26.3 Å². The van der Waals surface area contributed by atoms with Crippen LogP contribution in [0.4, 0.5) is 4.39 Å². The molecule has 30 heavy (non-hydrogen) atoms. The van der Waals surface area contributed by atoms with Crippen LogP contribution in [-0.2, 0) is 6.54 Å². The summed E-state index contributed by atoms with van der Waals surface area (Å²) in [6, 6.07) is 18.4. The van der Waals surface area contributed by atoms with Gasteiger partial charge in [-0.25, -0.2) is 14.4 Å². The quantitative estimate of drug-likeness (QED) is 0.451. The normalized spacial score (nSPS) is 11.1. The summed E-state index contributed by atoms with van der Waals surface area (Å²) in [7, 11) is 0. The zero-order valence-electron chi connectivity index (χ0n) is 15.7. The first-order valence-corrected chi connectivity index (χ1v) is 9.31. The number of halogens is 1. The summed E-state index contributed by atoms with van der Waals surface area (Å²) in [4.78, 5) is 25.1. The van der Waals surface area contributed by atoms with Crippen LogP contribution in [0.5, 0.6) is 0 Å². The predicted octanol–water partition coefficient (Wildman–Crippen LogP) is 4.51. The molecule has 0 unspecified atom stereocenters. The lowest BCUT2D eigenvalue weighted by Crippen LogP contribution is -2.23. The third-order valence-corrected chi connectivity index (χ3v) is 4.75.